The van der Waals surface area contributed by atoms with Crippen molar-refractivity contribution in [3.8, 4) is 23.7 Å². The van der Waals surface area contributed by atoms with E-state index < -0.39 is 24.0 Å². The molecule has 0 saturated heterocycles. The van der Waals surface area contributed by atoms with E-state index in [0.717, 1.165) is 0 Å². The molecular formula is C16H16N2O4. The fraction of sp³-hybridized carbons (Fsp3) is 0.250. The number of carbonyl (C=O) groups excluding carboxylic acids is 2. The topological polar surface area (TPSA) is 98.7 Å². The smallest absolute Gasteiger partial charge is 0.268 e. The van der Waals surface area contributed by atoms with E-state index >= 15 is 0 Å². The van der Waals surface area contributed by atoms with Gasteiger partial charge in [-0.1, -0.05) is 11.8 Å². The number of nitrogens with one attached hydrogen (secondary N) is 2. The molecule has 4 N–H and O–H groups in total. The fourth-order valence-corrected chi connectivity index (χ4v) is 1.57. The molecule has 6 nitrogen and oxygen atoms in total. The first-order valence-corrected chi connectivity index (χ1v) is 6.45. The highest BCUT2D eigenvalue weighted by Gasteiger charge is 2.25. The molecule has 0 aliphatic carbocycles. The van der Waals surface area contributed by atoms with Gasteiger partial charge < -0.3 is 10.4 Å². The average molecular weight is 300 g/mol. The van der Waals surface area contributed by atoms with Crippen LogP contribution in [0.25, 0.3) is 0 Å². The summed E-state index contributed by atoms with van der Waals surface area (Å²) in [7, 11) is 0. The van der Waals surface area contributed by atoms with Gasteiger partial charge >= 0.3 is 0 Å². The lowest BCUT2D eigenvalue weighted by molar-refractivity contribution is -0.133. The van der Waals surface area contributed by atoms with Crippen LogP contribution in [0.2, 0.25) is 0 Å². The molecule has 2 amide bonds. The third-order valence-corrected chi connectivity index (χ3v) is 2.70. The maximum atomic E-state index is 12.0. The normalized spacial score (nSPS) is 11.8. The van der Waals surface area contributed by atoms with Crippen molar-refractivity contribution in [3.05, 3.63) is 35.4 Å². The van der Waals surface area contributed by atoms with Crippen LogP contribution in [0.1, 0.15) is 29.8 Å². The Labute approximate surface area is 128 Å². The predicted octanol–water partition coefficient (Wildman–Crippen LogP) is 0.0460. The second-order valence-electron chi connectivity index (χ2n) is 4.37. The minimum atomic E-state index is -1.25. The quantitative estimate of drug-likeness (QED) is 0.359. The molecule has 1 aromatic rings. The van der Waals surface area contributed by atoms with E-state index in [0.29, 0.717) is 11.1 Å². The zero-order valence-corrected chi connectivity index (χ0v) is 12.2. The lowest BCUT2D eigenvalue weighted by Crippen LogP contribution is -2.51. The number of hydroxylamine groups is 1. The molecule has 0 radical (unpaired) electrons. The first kappa shape index (κ1) is 17.3. The number of amides is 2. The van der Waals surface area contributed by atoms with Crippen molar-refractivity contribution < 1.29 is 19.9 Å². The molecule has 0 bridgehead atoms. The Morgan fingerprint density at radius 2 is 1.82 bits per heavy atom. The average Bonchev–Trinajstić information content (AvgIpc) is 2.52. The van der Waals surface area contributed by atoms with Gasteiger partial charge in [-0.3, -0.25) is 14.8 Å². The second-order valence-corrected chi connectivity index (χ2v) is 4.37. The zero-order chi connectivity index (χ0) is 16.5. The van der Waals surface area contributed by atoms with Crippen molar-refractivity contribution >= 4 is 11.8 Å². The van der Waals surface area contributed by atoms with Crippen molar-refractivity contribution in [1.29, 1.82) is 0 Å². The van der Waals surface area contributed by atoms with Gasteiger partial charge in [0.15, 0.2) is 0 Å². The van der Waals surface area contributed by atoms with Crippen LogP contribution >= 0.6 is 0 Å². The summed E-state index contributed by atoms with van der Waals surface area (Å²) in [6.45, 7) is 3.01. The van der Waals surface area contributed by atoms with Crippen LogP contribution in [0.3, 0.4) is 0 Å². The van der Waals surface area contributed by atoms with Crippen LogP contribution in [-0.4, -0.2) is 34.3 Å². The minimum absolute atomic E-state index is 0.295. The van der Waals surface area contributed by atoms with Gasteiger partial charge in [-0.2, -0.15) is 0 Å². The lowest BCUT2D eigenvalue weighted by atomic mass is 10.1. The van der Waals surface area contributed by atoms with Crippen LogP contribution < -0.4 is 10.8 Å². The van der Waals surface area contributed by atoms with E-state index in [4.69, 9.17) is 5.21 Å². The van der Waals surface area contributed by atoms with Crippen molar-refractivity contribution in [2.45, 2.75) is 26.0 Å². The molecule has 22 heavy (non-hydrogen) atoms. The summed E-state index contributed by atoms with van der Waals surface area (Å²) >= 11 is 0. The van der Waals surface area contributed by atoms with Gasteiger partial charge in [0.2, 0.25) is 0 Å². The summed E-state index contributed by atoms with van der Waals surface area (Å²) in [5, 5.41) is 20.4. The summed E-state index contributed by atoms with van der Waals surface area (Å²) < 4.78 is 0. The summed E-state index contributed by atoms with van der Waals surface area (Å²) in [5.41, 5.74) is 2.39. The molecule has 0 aliphatic rings. The van der Waals surface area contributed by atoms with Gasteiger partial charge in [-0.05, 0) is 50.0 Å². The Bertz CT molecular complexity index is 657. The molecule has 0 saturated carbocycles. The van der Waals surface area contributed by atoms with Crippen molar-refractivity contribution in [1.82, 2.24) is 10.8 Å². The standard InChI is InChI=1S/C16H16N2O4/c1-3-4-5-6-12-7-9-13(10-8-12)15(20)17-14(11(2)19)16(21)18-22/h7-11,14,19,22H,1-2H3,(H,17,20)(H,18,21)/t11-,14+/m1/s1. The summed E-state index contributed by atoms with van der Waals surface area (Å²) in [6, 6.07) is 5.10. The Morgan fingerprint density at radius 3 is 2.32 bits per heavy atom. The van der Waals surface area contributed by atoms with Gasteiger partial charge in [-0.15, -0.1) is 0 Å². The zero-order valence-electron chi connectivity index (χ0n) is 12.2. The van der Waals surface area contributed by atoms with Gasteiger partial charge in [-0.25, -0.2) is 5.48 Å². The van der Waals surface area contributed by atoms with Crippen molar-refractivity contribution in [3.63, 3.8) is 0 Å². The van der Waals surface area contributed by atoms with Crippen LogP contribution in [0, 0.1) is 23.7 Å². The number of aliphatic hydroxyl groups is 1. The molecular weight excluding hydrogens is 284 g/mol. The third kappa shape index (κ3) is 4.95. The van der Waals surface area contributed by atoms with E-state index in [1.165, 1.54) is 24.5 Å². The molecule has 0 heterocycles. The van der Waals surface area contributed by atoms with E-state index in [9.17, 15) is 14.7 Å². The third-order valence-electron chi connectivity index (χ3n) is 2.70. The monoisotopic (exact) mass is 300 g/mol. The highest BCUT2D eigenvalue weighted by Crippen LogP contribution is 2.04. The first-order valence-electron chi connectivity index (χ1n) is 6.45. The molecule has 0 spiro atoms. The highest BCUT2D eigenvalue weighted by molar-refractivity contribution is 5.97. The summed E-state index contributed by atoms with van der Waals surface area (Å²) in [6.07, 6.45) is -1.16. The Kier molecular flexibility index (Phi) is 6.65. The van der Waals surface area contributed by atoms with Gasteiger partial charge in [0, 0.05) is 11.1 Å². The van der Waals surface area contributed by atoms with Crippen LogP contribution in [-0.2, 0) is 4.79 Å². The fourth-order valence-electron chi connectivity index (χ4n) is 1.57. The summed E-state index contributed by atoms with van der Waals surface area (Å²) in [4.78, 5) is 23.4. The van der Waals surface area contributed by atoms with E-state index in [1.807, 2.05) is 0 Å². The number of hydrogen-bond donors (Lipinski definition) is 4. The Hall–Kier alpha value is -2.80. The van der Waals surface area contributed by atoms with E-state index in [-0.39, 0.29) is 0 Å². The van der Waals surface area contributed by atoms with Crippen LogP contribution in [0.15, 0.2) is 24.3 Å². The second kappa shape index (κ2) is 8.48. The maximum absolute atomic E-state index is 12.0. The van der Waals surface area contributed by atoms with Gasteiger partial charge in [0.25, 0.3) is 11.8 Å². The SMILES string of the molecule is CC#CC#Cc1ccc(C(=O)N[C@H](C(=O)NO)[C@@H](C)O)cc1. The number of rotatable bonds is 4. The Morgan fingerprint density at radius 1 is 1.18 bits per heavy atom. The maximum Gasteiger partial charge on any atom is 0.268 e. The van der Waals surface area contributed by atoms with Crippen molar-refractivity contribution in [2.24, 2.45) is 0 Å². The highest BCUT2D eigenvalue weighted by atomic mass is 16.5. The minimum Gasteiger partial charge on any atom is -0.391 e. The van der Waals surface area contributed by atoms with E-state index in [1.54, 1.807) is 19.1 Å². The van der Waals surface area contributed by atoms with Crippen molar-refractivity contribution in [2.75, 3.05) is 0 Å². The number of benzene rings is 1. The van der Waals surface area contributed by atoms with Crippen LogP contribution in [0.4, 0.5) is 0 Å². The molecule has 114 valence electrons. The molecule has 2 atom stereocenters. The largest absolute Gasteiger partial charge is 0.391 e. The van der Waals surface area contributed by atoms with Gasteiger partial charge in [0.1, 0.15) is 6.04 Å². The molecule has 1 rings (SSSR count). The molecule has 0 aliphatic heterocycles. The van der Waals surface area contributed by atoms with Gasteiger partial charge in [0.05, 0.1) is 6.10 Å². The molecule has 0 aromatic heterocycles. The number of carbonyl (C=O) groups is 2. The molecule has 0 unspecified atom stereocenters. The summed E-state index contributed by atoms with van der Waals surface area (Å²) in [5.74, 6) is 9.25. The Balaban J connectivity index is 2.83. The first-order chi connectivity index (χ1) is 10.5. The molecule has 0 fully saturated rings. The number of hydrogen-bond acceptors (Lipinski definition) is 4. The number of aliphatic hydroxyl groups excluding tert-OH is 1. The van der Waals surface area contributed by atoms with Crippen LogP contribution in [0.5, 0.6) is 0 Å². The predicted molar refractivity (Wildman–Crippen MR) is 79.6 cm³/mol. The van der Waals surface area contributed by atoms with E-state index in [2.05, 4.69) is 29.0 Å². The lowest BCUT2D eigenvalue weighted by Gasteiger charge is -2.19. The molecule has 6 heteroatoms. The molecule has 1 aromatic carbocycles.